The monoisotopic (exact) mass is 473 g/mol. The summed E-state index contributed by atoms with van der Waals surface area (Å²) in [5.74, 6) is -0.182. The van der Waals surface area contributed by atoms with Gasteiger partial charge in [0.15, 0.2) is 5.82 Å². The molecule has 6 nitrogen and oxygen atoms in total. The zero-order valence-corrected chi connectivity index (χ0v) is 19.0. The predicted molar refractivity (Wildman–Crippen MR) is 122 cm³/mol. The van der Waals surface area contributed by atoms with Crippen LogP contribution in [0.3, 0.4) is 0 Å². The van der Waals surface area contributed by atoms with Gasteiger partial charge in [0.2, 0.25) is 0 Å². The predicted octanol–water partition coefficient (Wildman–Crippen LogP) is 5.13. The molecule has 2 atom stereocenters. The van der Waals surface area contributed by atoms with E-state index in [-0.39, 0.29) is 17.9 Å². The van der Waals surface area contributed by atoms with E-state index in [9.17, 15) is 8.42 Å². The van der Waals surface area contributed by atoms with Gasteiger partial charge in [-0.1, -0.05) is 36.8 Å². The molecule has 1 N–H and O–H groups in total. The molecular weight excluding hydrogens is 449 g/mol. The van der Waals surface area contributed by atoms with Gasteiger partial charge in [-0.25, -0.2) is 17.8 Å². The van der Waals surface area contributed by atoms with Crippen molar-refractivity contribution in [3.05, 3.63) is 70.3 Å². The number of aromatic nitrogens is 1. The molecule has 168 valence electrons. The van der Waals surface area contributed by atoms with E-state index < -0.39 is 20.7 Å². The van der Waals surface area contributed by atoms with Gasteiger partial charge in [-0.05, 0) is 31.0 Å². The minimum absolute atomic E-state index is 0.0259. The first-order valence-corrected chi connectivity index (χ1v) is 13.1. The van der Waals surface area contributed by atoms with Gasteiger partial charge >= 0.3 is 0 Å². The SMILES string of the molecule is O=S(=O)(Nc1cscn1)c1cc2c(cc1F)[C@H](N1CCCC[C@H]1c1ccccc1)CCO2. The molecule has 3 aromatic rings. The highest BCUT2D eigenvalue weighted by molar-refractivity contribution is 7.92. The zero-order valence-electron chi connectivity index (χ0n) is 17.4. The molecule has 1 fully saturated rings. The van der Waals surface area contributed by atoms with Crippen molar-refractivity contribution >= 4 is 27.2 Å². The molecule has 0 unspecified atom stereocenters. The molecule has 0 spiro atoms. The molecule has 2 aliphatic heterocycles. The first-order chi connectivity index (χ1) is 15.5. The standard InChI is InChI=1S/C23H24FN3O3S2/c24-18-12-17-20(27-10-5-4-8-19(27)16-6-2-1-3-7-16)9-11-30-21(17)13-22(18)32(28,29)26-23-14-31-15-25-23/h1-3,6-7,12-15,19-20,26H,4-5,8-11H2/t19-,20+/m0/s1. The third-order valence-electron chi connectivity index (χ3n) is 6.16. The number of hydrogen-bond donors (Lipinski definition) is 1. The van der Waals surface area contributed by atoms with Crippen LogP contribution in [0.25, 0.3) is 0 Å². The van der Waals surface area contributed by atoms with Gasteiger partial charge in [-0.3, -0.25) is 9.62 Å². The molecule has 0 radical (unpaired) electrons. The summed E-state index contributed by atoms with van der Waals surface area (Å²) >= 11 is 1.25. The second-order valence-electron chi connectivity index (χ2n) is 8.11. The summed E-state index contributed by atoms with van der Waals surface area (Å²) < 4.78 is 48.8. The summed E-state index contributed by atoms with van der Waals surface area (Å²) in [6.45, 7) is 1.37. The zero-order chi connectivity index (χ0) is 22.1. The van der Waals surface area contributed by atoms with Gasteiger partial charge in [0.1, 0.15) is 16.5 Å². The number of nitrogens with one attached hydrogen (secondary N) is 1. The number of sulfonamides is 1. The molecule has 3 heterocycles. The van der Waals surface area contributed by atoms with Crippen LogP contribution in [0.4, 0.5) is 10.2 Å². The second-order valence-corrected chi connectivity index (χ2v) is 10.5. The minimum Gasteiger partial charge on any atom is -0.493 e. The van der Waals surface area contributed by atoms with Crippen LogP contribution in [0.2, 0.25) is 0 Å². The number of ether oxygens (including phenoxy) is 1. The number of anilines is 1. The fraction of sp³-hybridized carbons (Fsp3) is 0.348. The number of halogens is 1. The van der Waals surface area contributed by atoms with Gasteiger partial charge < -0.3 is 4.74 Å². The second kappa shape index (κ2) is 8.80. The van der Waals surface area contributed by atoms with Crippen molar-refractivity contribution < 1.29 is 17.5 Å². The average molecular weight is 474 g/mol. The summed E-state index contributed by atoms with van der Waals surface area (Å²) in [6.07, 6.45) is 4.02. The molecule has 0 bridgehead atoms. The maximum atomic E-state index is 15.2. The van der Waals surface area contributed by atoms with Crippen molar-refractivity contribution in [1.82, 2.24) is 9.88 Å². The van der Waals surface area contributed by atoms with Crippen LogP contribution >= 0.6 is 11.3 Å². The van der Waals surface area contributed by atoms with E-state index in [0.717, 1.165) is 32.2 Å². The summed E-state index contributed by atoms with van der Waals surface area (Å²) in [6, 6.07) is 13.3. The summed E-state index contributed by atoms with van der Waals surface area (Å²) in [4.78, 5) is 5.93. The molecule has 2 aromatic carbocycles. The third-order valence-corrected chi connectivity index (χ3v) is 8.12. The fourth-order valence-electron chi connectivity index (χ4n) is 4.74. The Hall–Kier alpha value is -2.49. The quantitative estimate of drug-likeness (QED) is 0.556. The molecular formula is C23H24FN3O3S2. The van der Waals surface area contributed by atoms with Gasteiger partial charge in [0.05, 0.1) is 12.1 Å². The van der Waals surface area contributed by atoms with Crippen LogP contribution in [0, 0.1) is 5.82 Å². The molecule has 5 rings (SSSR count). The summed E-state index contributed by atoms with van der Waals surface area (Å²) in [7, 11) is -4.12. The number of likely N-dealkylation sites (tertiary alicyclic amines) is 1. The van der Waals surface area contributed by atoms with Crippen molar-refractivity contribution in [2.75, 3.05) is 17.9 Å². The van der Waals surface area contributed by atoms with Crippen molar-refractivity contribution in [2.45, 2.75) is 42.7 Å². The number of hydrogen-bond acceptors (Lipinski definition) is 6. The molecule has 1 aromatic heterocycles. The highest BCUT2D eigenvalue weighted by Crippen LogP contribution is 2.44. The Bertz CT molecular complexity index is 1190. The topological polar surface area (TPSA) is 71.5 Å². The van der Waals surface area contributed by atoms with Crippen LogP contribution in [0.5, 0.6) is 5.75 Å². The Morgan fingerprint density at radius 2 is 1.97 bits per heavy atom. The lowest BCUT2D eigenvalue weighted by atomic mass is 9.89. The summed E-state index contributed by atoms with van der Waals surface area (Å²) in [5, 5.41) is 1.56. The average Bonchev–Trinajstić information content (AvgIpc) is 3.31. The molecule has 0 amide bonds. The molecule has 9 heteroatoms. The highest BCUT2D eigenvalue weighted by atomic mass is 32.2. The maximum absolute atomic E-state index is 15.2. The molecule has 0 saturated carbocycles. The number of piperidine rings is 1. The largest absolute Gasteiger partial charge is 0.493 e. The molecule has 0 aliphatic carbocycles. The smallest absolute Gasteiger partial charge is 0.266 e. The number of benzene rings is 2. The van der Waals surface area contributed by atoms with Crippen LogP contribution in [-0.2, 0) is 10.0 Å². The Labute approximate surface area is 191 Å². The van der Waals surface area contributed by atoms with E-state index in [1.807, 2.05) is 18.2 Å². The van der Waals surface area contributed by atoms with Crippen LogP contribution < -0.4 is 9.46 Å². The minimum atomic E-state index is -4.12. The normalized spacial score (nSPS) is 21.5. The third kappa shape index (κ3) is 4.12. The lowest BCUT2D eigenvalue weighted by molar-refractivity contribution is 0.0665. The van der Waals surface area contributed by atoms with Crippen molar-refractivity contribution in [1.29, 1.82) is 0 Å². The van der Waals surface area contributed by atoms with Crippen molar-refractivity contribution in [3.63, 3.8) is 0 Å². The van der Waals surface area contributed by atoms with E-state index in [2.05, 4.69) is 26.7 Å². The first-order valence-electron chi connectivity index (χ1n) is 10.7. The van der Waals surface area contributed by atoms with Crippen molar-refractivity contribution in [2.24, 2.45) is 0 Å². The van der Waals surface area contributed by atoms with Gasteiger partial charge in [0, 0.05) is 35.5 Å². The van der Waals surface area contributed by atoms with Crippen LogP contribution in [0.1, 0.15) is 48.9 Å². The number of rotatable bonds is 5. The number of fused-ring (bicyclic) bond motifs is 1. The lowest BCUT2D eigenvalue weighted by Crippen LogP contribution is -2.39. The van der Waals surface area contributed by atoms with Crippen molar-refractivity contribution in [3.8, 4) is 5.75 Å². The molecule has 32 heavy (non-hydrogen) atoms. The maximum Gasteiger partial charge on any atom is 0.266 e. The summed E-state index contributed by atoms with van der Waals surface area (Å²) in [5.41, 5.74) is 3.48. The Morgan fingerprint density at radius 1 is 1.12 bits per heavy atom. The van der Waals surface area contributed by atoms with E-state index in [0.29, 0.717) is 17.9 Å². The van der Waals surface area contributed by atoms with E-state index in [1.54, 1.807) is 5.38 Å². The van der Waals surface area contributed by atoms with Gasteiger partial charge in [-0.2, -0.15) is 0 Å². The van der Waals surface area contributed by atoms with Crippen LogP contribution in [-0.4, -0.2) is 31.5 Å². The Kier molecular flexibility index (Phi) is 5.88. The molecule has 1 saturated heterocycles. The Morgan fingerprint density at radius 3 is 2.75 bits per heavy atom. The fourth-order valence-corrected chi connectivity index (χ4v) is 6.37. The van der Waals surface area contributed by atoms with Crippen LogP contribution in [0.15, 0.2) is 58.3 Å². The highest BCUT2D eigenvalue weighted by Gasteiger charge is 2.35. The van der Waals surface area contributed by atoms with E-state index in [1.165, 1.54) is 34.5 Å². The lowest BCUT2D eigenvalue weighted by Gasteiger charge is -2.43. The van der Waals surface area contributed by atoms with E-state index >= 15 is 4.39 Å². The number of nitrogens with zero attached hydrogens (tertiary/aromatic N) is 2. The Balaban J connectivity index is 1.49. The van der Waals surface area contributed by atoms with Gasteiger partial charge in [0.25, 0.3) is 10.0 Å². The van der Waals surface area contributed by atoms with Gasteiger partial charge in [-0.15, -0.1) is 11.3 Å². The molecule has 2 aliphatic rings. The van der Waals surface area contributed by atoms with E-state index in [4.69, 9.17) is 4.74 Å². The number of thiazole rings is 1. The first kappa shape index (κ1) is 21.4.